The van der Waals surface area contributed by atoms with Crippen molar-refractivity contribution in [2.75, 3.05) is 6.61 Å². The maximum atomic E-state index is 5.80. The first-order valence-electron chi connectivity index (χ1n) is 6.56. The normalized spacial score (nSPS) is 10.8. The summed E-state index contributed by atoms with van der Waals surface area (Å²) in [6, 6.07) is 10.1. The highest BCUT2D eigenvalue weighted by molar-refractivity contribution is 5.87. The number of pyridine rings is 1. The molecule has 0 aliphatic rings. The summed E-state index contributed by atoms with van der Waals surface area (Å²) in [5.74, 6) is 0.713. The summed E-state index contributed by atoms with van der Waals surface area (Å²) in [6.45, 7) is 3.34. The molecule has 96 valence electrons. The minimum atomic E-state index is 0.441. The molecule has 2 aromatic rings. The van der Waals surface area contributed by atoms with Crippen LogP contribution in [-0.2, 0) is 6.54 Å². The number of nitrogens with zero attached hydrogens (tertiary/aromatic N) is 1. The number of unbranched alkanes of at least 4 members (excludes halogenated alkanes) is 2. The van der Waals surface area contributed by atoms with E-state index in [-0.39, 0.29) is 0 Å². The third-order valence-corrected chi connectivity index (χ3v) is 2.95. The van der Waals surface area contributed by atoms with E-state index in [0.29, 0.717) is 12.4 Å². The third kappa shape index (κ3) is 2.99. The molecule has 3 nitrogen and oxygen atoms in total. The fourth-order valence-corrected chi connectivity index (χ4v) is 1.96. The van der Waals surface area contributed by atoms with Gasteiger partial charge < -0.3 is 10.5 Å². The van der Waals surface area contributed by atoms with Crippen LogP contribution in [0.25, 0.3) is 10.8 Å². The fraction of sp³-hybridized carbons (Fsp3) is 0.400. The number of benzene rings is 1. The van der Waals surface area contributed by atoms with Gasteiger partial charge in [0.2, 0.25) is 5.88 Å². The molecule has 0 atom stereocenters. The van der Waals surface area contributed by atoms with Crippen LogP contribution in [-0.4, -0.2) is 11.6 Å². The maximum absolute atomic E-state index is 5.80. The van der Waals surface area contributed by atoms with E-state index in [1.54, 1.807) is 0 Å². The third-order valence-electron chi connectivity index (χ3n) is 2.95. The summed E-state index contributed by atoms with van der Waals surface area (Å²) in [4.78, 5) is 4.47. The molecule has 0 radical (unpaired) electrons. The van der Waals surface area contributed by atoms with Gasteiger partial charge in [0.05, 0.1) is 12.3 Å². The average molecular weight is 244 g/mol. The average Bonchev–Trinajstić information content (AvgIpc) is 2.43. The molecule has 0 amide bonds. The molecule has 2 N–H and O–H groups in total. The van der Waals surface area contributed by atoms with E-state index in [2.05, 4.69) is 18.0 Å². The van der Waals surface area contributed by atoms with Crippen LogP contribution in [0.1, 0.15) is 31.9 Å². The number of hydrogen-bond acceptors (Lipinski definition) is 3. The van der Waals surface area contributed by atoms with E-state index < -0.39 is 0 Å². The van der Waals surface area contributed by atoms with Gasteiger partial charge in [0.15, 0.2) is 0 Å². The molecule has 3 heteroatoms. The van der Waals surface area contributed by atoms with Crippen molar-refractivity contribution < 1.29 is 4.74 Å². The molecule has 0 bridgehead atoms. The molecule has 0 fully saturated rings. The van der Waals surface area contributed by atoms with E-state index in [0.717, 1.165) is 29.5 Å². The molecular weight excluding hydrogens is 224 g/mol. The summed E-state index contributed by atoms with van der Waals surface area (Å²) < 4.78 is 5.80. The van der Waals surface area contributed by atoms with Crippen molar-refractivity contribution in [1.29, 1.82) is 0 Å². The van der Waals surface area contributed by atoms with Crippen molar-refractivity contribution >= 4 is 10.8 Å². The summed E-state index contributed by atoms with van der Waals surface area (Å²) >= 11 is 0. The Morgan fingerprint density at radius 3 is 2.83 bits per heavy atom. The van der Waals surface area contributed by atoms with Gasteiger partial charge in [-0.2, -0.15) is 0 Å². The Bertz CT molecular complexity index is 511. The first-order valence-corrected chi connectivity index (χ1v) is 6.56. The van der Waals surface area contributed by atoms with Crippen LogP contribution in [0.5, 0.6) is 5.88 Å². The zero-order chi connectivity index (χ0) is 12.8. The first-order chi connectivity index (χ1) is 8.85. The molecular formula is C15H20N2O. The Labute approximate surface area is 108 Å². The van der Waals surface area contributed by atoms with E-state index in [9.17, 15) is 0 Å². The summed E-state index contributed by atoms with van der Waals surface area (Å²) in [7, 11) is 0. The van der Waals surface area contributed by atoms with Crippen LogP contribution >= 0.6 is 0 Å². The van der Waals surface area contributed by atoms with E-state index >= 15 is 0 Å². The highest BCUT2D eigenvalue weighted by atomic mass is 16.5. The van der Waals surface area contributed by atoms with Crippen molar-refractivity contribution in [3.05, 3.63) is 36.0 Å². The number of ether oxygens (including phenoxy) is 1. The SMILES string of the molecule is CCCCCOc1nc(CN)cc2ccccc12. The van der Waals surface area contributed by atoms with Gasteiger partial charge in [0.1, 0.15) is 0 Å². The van der Waals surface area contributed by atoms with Gasteiger partial charge in [-0.1, -0.05) is 38.0 Å². The minimum absolute atomic E-state index is 0.441. The molecule has 0 saturated heterocycles. The molecule has 18 heavy (non-hydrogen) atoms. The molecule has 1 aromatic heterocycles. The van der Waals surface area contributed by atoms with E-state index in [4.69, 9.17) is 10.5 Å². The second-order valence-corrected chi connectivity index (χ2v) is 4.40. The van der Waals surface area contributed by atoms with Gasteiger partial charge in [-0.05, 0) is 23.9 Å². The Balaban J connectivity index is 2.23. The molecule has 1 aromatic carbocycles. The predicted molar refractivity (Wildman–Crippen MR) is 74.7 cm³/mol. The van der Waals surface area contributed by atoms with Crippen molar-refractivity contribution in [3.63, 3.8) is 0 Å². The Hall–Kier alpha value is -1.61. The number of fused-ring (bicyclic) bond motifs is 1. The largest absolute Gasteiger partial charge is 0.477 e. The monoisotopic (exact) mass is 244 g/mol. The quantitative estimate of drug-likeness (QED) is 0.793. The summed E-state index contributed by atoms with van der Waals surface area (Å²) in [5.41, 5.74) is 6.54. The number of aromatic nitrogens is 1. The first kappa shape index (κ1) is 12.8. The molecule has 0 unspecified atom stereocenters. The zero-order valence-corrected chi connectivity index (χ0v) is 10.9. The van der Waals surface area contributed by atoms with Gasteiger partial charge in [-0.3, -0.25) is 0 Å². The van der Waals surface area contributed by atoms with Crippen molar-refractivity contribution in [3.8, 4) is 5.88 Å². The van der Waals surface area contributed by atoms with Gasteiger partial charge in [-0.15, -0.1) is 0 Å². The topological polar surface area (TPSA) is 48.1 Å². The molecule has 0 aliphatic heterocycles. The van der Waals surface area contributed by atoms with Crippen LogP contribution in [0.3, 0.4) is 0 Å². The Morgan fingerprint density at radius 2 is 2.06 bits per heavy atom. The smallest absolute Gasteiger partial charge is 0.221 e. The second-order valence-electron chi connectivity index (χ2n) is 4.40. The molecule has 2 rings (SSSR count). The van der Waals surface area contributed by atoms with Crippen LogP contribution in [0.4, 0.5) is 0 Å². The number of rotatable bonds is 6. The summed E-state index contributed by atoms with van der Waals surface area (Å²) in [5, 5.41) is 2.20. The lowest BCUT2D eigenvalue weighted by Crippen LogP contribution is -2.04. The van der Waals surface area contributed by atoms with Crippen LogP contribution < -0.4 is 10.5 Å². The van der Waals surface area contributed by atoms with Crippen LogP contribution in [0.15, 0.2) is 30.3 Å². The zero-order valence-electron chi connectivity index (χ0n) is 10.9. The van der Waals surface area contributed by atoms with Crippen molar-refractivity contribution in [2.24, 2.45) is 5.73 Å². The second kappa shape index (κ2) is 6.36. The lowest BCUT2D eigenvalue weighted by Gasteiger charge is -2.10. The van der Waals surface area contributed by atoms with E-state index in [1.165, 1.54) is 12.8 Å². The van der Waals surface area contributed by atoms with Gasteiger partial charge in [0.25, 0.3) is 0 Å². The maximum Gasteiger partial charge on any atom is 0.221 e. The Morgan fingerprint density at radius 1 is 1.22 bits per heavy atom. The fourth-order valence-electron chi connectivity index (χ4n) is 1.96. The van der Waals surface area contributed by atoms with Crippen molar-refractivity contribution in [1.82, 2.24) is 4.98 Å². The molecule has 0 spiro atoms. The van der Waals surface area contributed by atoms with Crippen LogP contribution in [0, 0.1) is 0 Å². The molecule has 0 aliphatic carbocycles. The van der Waals surface area contributed by atoms with Gasteiger partial charge >= 0.3 is 0 Å². The van der Waals surface area contributed by atoms with Crippen LogP contribution in [0.2, 0.25) is 0 Å². The summed E-state index contributed by atoms with van der Waals surface area (Å²) in [6.07, 6.45) is 3.45. The Kier molecular flexibility index (Phi) is 4.53. The highest BCUT2D eigenvalue weighted by Crippen LogP contribution is 2.24. The highest BCUT2D eigenvalue weighted by Gasteiger charge is 2.05. The standard InChI is InChI=1S/C15H20N2O/c1-2-3-6-9-18-15-14-8-5-4-7-12(14)10-13(11-16)17-15/h4-5,7-8,10H,2-3,6,9,11,16H2,1H3. The molecule has 0 saturated carbocycles. The number of hydrogen-bond donors (Lipinski definition) is 1. The van der Waals surface area contributed by atoms with Gasteiger partial charge in [0, 0.05) is 11.9 Å². The number of nitrogens with two attached hydrogens (primary N) is 1. The van der Waals surface area contributed by atoms with Gasteiger partial charge in [-0.25, -0.2) is 4.98 Å². The van der Waals surface area contributed by atoms with Crippen molar-refractivity contribution in [2.45, 2.75) is 32.7 Å². The lowest BCUT2D eigenvalue weighted by atomic mass is 10.1. The minimum Gasteiger partial charge on any atom is -0.477 e. The lowest BCUT2D eigenvalue weighted by molar-refractivity contribution is 0.298. The predicted octanol–water partition coefficient (Wildman–Crippen LogP) is 3.26. The van der Waals surface area contributed by atoms with E-state index in [1.807, 2.05) is 24.3 Å². The molecule has 1 heterocycles.